The topological polar surface area (TPSA) is 55.5 Å². The van der Waals surface area contributed by atoms with Crippen LogP contribution in [0.25, 0.3) is 0 Å². The van der Waals surface area contributed by atoms with Gasteiger partial charge in [0.1, 0.15) is 0 Å². The lowest BCUT2D eigenvalue weighted by Crippen LogP contribution is -2.59. The van der Waals surface area contributed by atoms with Gasteiger partial charge in [-0.1, -0.05) is 13.8 Å². The van der Waals surface area contributed by atoms with E-state index in [1.165, 1.54) is 12.8 Å². The van der Waals surface area contributed by atoms with Crippen molar-refractivity contribution >= 4 is 0 Å². The lowest BCUT2D eigenvalue weighted by Gasteiger charge is -2.54. The van der Waals surface area contributed by atoms with Crippen LogP contribution in [0.5, 0.6) is 0 Å². The van der Waals surface area contributed by atoms with Crippen LogP contribution in [0.4, 0.5) is 0 Å². The van der Waals surface area contributed by atoms with Crippen LogP contribution in [0.2, 0.25) is 0 Å². The molecule has 1 aliphatic carbocycles. The highest BCUT2D eigenvalue weighted by Gasteiger charge is 2.53. The van der Waals surface area contributed by atoms with Crippen molar-refractivity contribution in [3.05, 3.63) is 0 Å². The molecule has 0 aromatic heterocycles. The second-order valence-corrected chi connectivity index (χ2v) is 7.76. The Morgan fingerprint density at radius 1 is 1.15 bits per heavy atom. The third kappa shape index (κ3) is 2.90. The minimum atomic E-state index is -0.638. The van der Waals surface area contributed by atoms with Crippen molar-refractivity contribution in [2.24, 2.45) is 23.0 Å². The van der Waals surface area contributed by atoms with Crippen LogP contribution in [0.15, 0.2) is 0 Å². The molecule has 20 heavy (non-hydrogen) atoms. The van der Waals surface area contributed by atoms with Gasteiger partial charge in [-0.25, -0.2) is 0 Å². The zero-order chi connectivity index (χ0) is 15.0. The number of rotatable bonds is 3. The molecule has 0 aromatic rings. The molecule has 1 heterocycles. The molecule has 2 fully saturated rings. The molecule has 2 rings (SSSR count). The summed E-state index contributed by atoms with van der Waals surface area (Å²) in [6.45, 7) is 9.38. The standard InChI is InChI=1S/C17H33NO2/c1-12(2)15-5-7-16(11-18,8-6-15)17(19)9-13(3)20-14(4)10-17/h12-15,19H,5-11,18H2,1-4H3. The van der Waals surface area contributed by atoms with E-state index in [-0.39, 0.29) is 17.6 Å². The molecule has 1 saturated heterocycles. The fourth-order valence-corrected chi connectivity index (χ4v) is 4.68. The predicted octanol–water partition coefficient (Wildman–Crippen LogP) is 3.10. The third-order valence-electron chi connectivity index (χ3n) is 6.02. The molecule has 1 aliphatic heterocycles. The number of nitrogens with two attached hydrogens (primary N) is 1. The fourth-order valence-electron chi connectivity index (χ4n) is 4.68. The van der Waals surface area contributed by atoms with E-state index in [1.54, 1.807) is 0 Å². The second kappa shape index (κ2) is 5.94. The lowest BCUT2D eigenvalue weighted by atomic mass is 9.57. The molecule has 3 heteroatoms. The molecule has 118 valence electrons. The smallest absolute Gasteiger partial charge is 0.0764 e. The maximum atomic E-state index is 11.4. The van der Waals surface area contributed by atoms with Crippen LogP contribution in [-0.4, -0.2) is 29.5 Å². The Bertz CT molecular complexity index is 311. The summed E-state index contributed by atoms with van der Waals surface area (Å²) in [6.07, 6.45) is 6.30. The van der Waals surface area contributed by atoms with Gasteiger partial charge in [-0.3, -0.25) is 0 Å². The Balaban J connectivity index is 2.15. The van der Waals surface area contributed by atoms with Gasteiger partial charge in [0.2, 0.25) is 0 Å². The van der Waals surface area contributed by atoms with Crippen molar-refractivity contribution in [3.63, 3.8) is 0 Å². The summed E-state index contributed by atoms with van der Waals surface area (Å²) in [4.78, 5) is 0. The third-order valence-corrected chi connectivity index (χ3v) is 6.02. The summed E-state index contributed by atoms with van der Waals surface area (Å²) in [7, 11) is 0. The van der Waals surface area contributed by atoms with E-state index in [0.29, 0.717) is 6.54 Å². The minimum Gasteiger partial charge on any atom is -0.389 e. The first-order valence-corrected chi connectivity index (χ1v) is 8.40. The molecule has 0 aromatic carbocycles. The Morgan fingerprint density at radius 3 is 2.05 bits per heavy atom. The monoisotopic (exact) mass is 283 g/mol. The van der Waals surface area contributed by atoms with Crippen LogP contribution in [-0.2, 0) is 4.74 Å². The van der Waals surface area contributed by atoms with Crippen molar-refractivity contribution in [3.8, 4) is 0 Å². The molecule has 1 saturated carbocycles. The highest BCUT2D eigenvalue weighted by atomic mass is 16.5. The van der Waals surface area contributed by atoms with E-state index >= 15 is 0 Å². The zero-order valence-electron chi connectivity index (χ0n) is 13.7. The summed E-state index contributed by atoms with van der Waals surface area (Å²) in [5.41, 5.74) is 5.44. The molecule has 3 N–H and O–H groups in total. The quantitative estimate of drug-likeness (QED) is 0.837. The molecule has 0 amide bonds. The summed E-state index contributed by atoms with van der Waals surface area (Å²) >= 11 is 0. The Kier molecular flexibility index (Phi) is 4.83. The van der Waals surface area contributed by atoms with E-state index < -0.39 is 5.60 Å². The van der Waals surface area contributed by atoms with Crippen molar-refractivity contribution in [2.45, 2.75) is 84.0 Å². The largest absolute Gasteiger partial charge is 0.389 e. The average Bonchev–Trinajstić information content (AvgIpc) is 2.36. The molecule has 3 nitrogen and oxygen atoms in total. The molecular formula is C17H33NO2. The molecule has 0 spiro atoms. The summed E-state index contributed by atoms with van der Waals surface area (Å²) in [5.74, 6) is 1.54. The van der Waals surface area contributed by atoms with Gasteiger partial charge in [-0.15, -0.1) is 0 Å². The number of aliphatic hydroxyl groups is 1. The van der Waals surface area contributed by atoms with Gasteiger partial charge in [0.25, 0.3) is 0 Å². The van der Waals surface area contributed by atoms with Gasteiger partial charge >= 0.3 is 0 Å². The van der Waals surface area contributed by atoms with E-state index in [9.17, 15) is 5.11 Å². The van der Waals surface area contributed by atoms with Gasteiger partial charge in [0.05, 0.1) is 17.8 Å². The van der Waals surface area contributed by atoms with Crippen LogP contribution in [0, 0.1) is 17.3 Å². The minimum absolute atomic E-state index is 0.0926. The van der Waals surface area contributed by atoms with Gasteiger partial charge in [-0.2, -0.15) is 0 Å². The molecule has 2 unspecified atom stereocenters. The van der Waals surface area contributed by atoms with E-state index in [0.717, 1.165) is 37.5 Å². The average molecular weight is 283 g/mol. The zero-order valence-corrected chi connectivity index (χ0v) is 13.7. The van der Waals surface area contributed by atoms with Gasteiger partial charge < -0.3 is 15.6 Å². The summed E-state index contributed by atoms with van der Waals surface area (Å²) < 4.78 is 5.82. The van der Waals surface area contributed by atoms with Crippen molar-refractivity contribution in [1.82, 2.24) is 0 Å². The molecule has 2 atom stereocenters. The maximum absolute atomic E-state index is 11.4. The van der Waals surface area contributed by atoms with Crippen molar-refractivity contribution in [2.75, 3.05) is 6.54 Å². The Hall–Kier alpha value is -0.120. The fraction of sp³-hybridized carbons (Fsp3) is 1.00. The van der Waals surface area contributed by atoms with E-state index in [1.807, 2.05) is 0 Å². The first kappa shape index (κ1) is 16.3. The Labute approximate surface area is 124 Å². The van der Waals surface area contributed by atoms with Gasteiger partial charge in [0, 0.05) is 24.8 Å². The van der Waals surface area contributed by atoms with Crippen LogP contribution in [0.3, 0.4) is 0 Å². The lowest BCUT2D eigenvalue weighted by molar-refractivity contribution is -0.196. The number of hydrogen-bond donors (Lipinski definition) is 2. The predicted molar refractivity (Wildman–Crippen MR) is 82.5 cm³/mol. The highest BCUT2D eigenvalue weighted by molar-refractivity contribution is 5.05. The number of hydrogen-bond acceptors (Lipinski definition) is 3. The van der Waals surface area contributed by atoms with E-state index in [2.05, 4.69) is 27.7 Å². The Morgan fingerprint density at radius 2 is 1.65 bits per heavy atom. The van der Waals surface area contributed by atoms with Crippen LogP contribution >= 0.6 is 0 Å². The second-order valence-electron chi connectivity index (χ2n) is 7.76. The van der Waals surface area contributed by atoms with Crippen LogP contribution < -0.4 is 5.73 Å². The SMILES string of the molecule is CC1CC(O)(C2(CN)CCC(C(C)C)CC2)CC(C)O1. The van der Waals surface area contributed by atoms with Gasteiger partial charge in [0.15, 0.2) is 0 Å². The summed E-state index contributed by atoms with van der Waals surface area (Å²) in [6, 6.07) is 0. The first-order valence-electron chi connectivity index (χ1n) is 8.40. The maximum Gasteiger partial charge on any atom is 0.0764 e. The molecule has 2 aliphatic rings. The first-order chi connectivity index (χ1) is 9.32. The highest BCUT2D eigenvalue weighted by Crippen LogP contribution is 2.52. The number of ether oxygens (including phenoxy) is 1. The normalized spacial score (nSPS) is 46.6. The van der Waals surface area contributed by atoms with Crippen molar-refractivity contribution < 1.29 is 9.84 Å². The van der Waals surface area contributed by atoms with Crippen LogP contribution in [0.1, 0.15) is 66.2 Å². The van der Waals surface area contributed by atoms with E-state index in [4.69, 9.17) is 10.5 Å². The van der Waals surface area contributed by atoms with Crippen molar-refractivity contribution in [1.29, 1.82) is 0 Å². The molecular weight excluding hydrogens is 250 g/mol. The van der Waals surface area contributed by atoms with Gasteiger partial charge in [-0.05, 0) is 51.4 Å². The molecule has 0 bridgehead atoms. The molecule has 0 radical (unpaired) electrons. The summed E-state index contributed by atoms with van der Waals surface area (Å²) in [5, 5.41) is 11.4.